The summed E-state index contributed by atoms with van der Waals surface area (Å²) in [6.07, 6.45) is 1.44. The molecule has 0 unspecified atom stereocenters. The first-order chi connectivity index (χ1) is 10.0. The third-order valence-corrected chi connectivity index (χ3v) is 2.66. The second-order valence-electron chi connectivity index (χ2n) is 4.02. The van der Waals surface area contributed by atoms with E-state index in [1.807, 2.05) is 0 Å². The van der Waals surface area contributed by atoms with Crippen molar-refractivity contribution in [1.29, 1.82) is 0 Å². The molecule has 2 aromatic rings. The van der Waals surface area contributed by atoms with Gasteiger partial charge in [-0.1, -0.05) is 11.6 Å². The van der Waals surface area contributed by atoms with Crippen LogP contribution in [-0.4, -0.2) is 28.6 Å². The number of carbonyl (C=O) groups excluding carboxylic acids is 1. The number of amides is 1. The summed E-state index contributed by atoms with van der Waals surface area (Å²) in [4.78, 5) is 26.2. The quantitative estimate of drug-likeness (QED) is 0.885. The predicted molar refractivity (Wildman–Crippen MR) is 76.8 cm³/mol. The maximum absolute atomic E-state index is 11.9. The maximum Gasteiger partial charge on any atom is 0.341 e. The van der Waals surface area contributed by atoms with Gasteiger partial charge in [0, 0.05) is 16.9 Å². The van der Waals surface area contributed by atoms with E-state index >= 15 is 0 Å². The first-order valence-corrected chi connectivity index (χ1v) is 6.30. The number of aromatic nitrogens is 1. The van der Waals surface area contributed by atoms with Crippen LogP contribution in [0.2, 0.25) is 5.02 Å². The molecule has 1 amide bonds. The van der Waals surface area contributed by atoms with Gasteiger partial charge in [0.15, 0.2) is 6.61 Å². The SMILES string of the molecule is O=C(O)COc1ccc(NC(=O)c2cc(Cl)ccn2)cc1. The molecular weight excluding hydrogens is 296 g/mol. The molecule has 0 spiro atoms. The number of ether oxygens (including phenoxy) is 1. The van der Waals surface area contributed by atoms with Crippen LogP contribution in [0.25, 0.3) is 0 Å². The molecule has 0 saturated carbocycles. The van der Waals surface area contributed by atoms with Crippen molar-refractivity contribution in [2.24, 2.45) is 0 Å². The predicted octanol–water partition coefficient (Wildman–Crippen LogP) is 2.45. The highest BCUT2D eigenvalue weighted by Gasteiger charge is 2.08. The van der Waals surface area contributed by atoms with E-state index in [1.54, 1.807) is 30.3 Å². The first kappa shape index (κ1) is 14.8. The fraction of sp³-hybridized carbons (Fsp3) is 0.0714. The molecule has 108 valence electrons. The average Bonchev–Trinajstić information content (AvgIpc) is 2.46. The summed E-state index contributed by atoms with van der Waals surface area (Å²) >= 11 is 5.79. The lowest BCUT2D eigenvalue weighted by atomic mass is 10.3. The van der Waals surface area contributed by atoms with Crippen molar-refractivity contribution in [3.8, 4) is 5.75 Å². The van der Waals surface area contributed by atoms with E-state index in [0.717, 1.165) is 0 Å². The van der Waals surface area contributed by atoms with Crippen molar-refractivity contribution in [2.75, 3.05) is 11.9 Å². The van der Waals surface area contributed by atoms with E-state index in [1.165, 1.54) is 12.3 Å². The Hall–Kier alpha value is -2.60. The van der Waals surface area contributed by atoms with E-state index in [0.29, 0.717) is 16.5 Å². The summed E-state index contributed by atoms with van der Waals surface area (Å²) in [6, 6.07) is 9.35. The normalized spacial score (nSPS) is 9.95. The van der Waals surface area contributed by atoms with Gasteiger partial charge >= 0.3 is 5.97 Å². The summed E-state index contributed by atoms with van der Waals surface area (Å²) in [5, 5.41) is 11.6. The molecule has 0 aliphatic rings. The number of pyridine rings is 1. The highest BCUT2D eigenvalue weighted by molar-refractivity contribution is 6.30. The Balaban J connectivity index is 2.00. The fourth-order valence-corrected chi connectivity index (χ4v) is 1.66. The molecule has 2 N–H and O–H groups in total. The van der Waals surface area contributed by atoms with Gasteiger partial charge in [-0.3, -0.25) is 9.78 Å². The number of rotatable bonds is 5. The van der Waals surface area contributed by atoms with Crippen LogP contribution in [0.3, 0.4) is 0 Å². The molecule has 0 atom stereocenters. The van der Waals surface area contributed by atoms with Gasteiger partial charge in [0.2, 0.25) is 0 Å². The summed E-state index contributed by atoms with van der Waals surface area (Å²) in [7, 11) is 0. The Kier molecular flexibility index (Phi) is 4.73. The van der Waals surface area contributed by atoms with E-state index in [4.69, 9.17) is 21.4 Å². The number of carbonyl (C=O) groups is 2. The number of nitrogens with one attached hydrogen (secondary N) is 1. The number of carboxylic acid groups (broad SMARTS) is 1. The summed E-state index contributed by atoms with van der Waals surface area (Å²) < 4.78 is 4.99. The lowest BCUT2D eigenvalue weighted by molar-refractivity contribution is -0.139. The molecule has 6 nitrogen and oxygen atoms in total. The van der Waals surface area contributed by atoms with Gasteiger partial charge < -0.3 is 15.2 Å². The van der Waals surface area contributed by atoms with Gasteiger partial charge in [0.1, 0.15) is 11.4 Å². The second-order valence-corrected chi connectivity index (χ2v) is 4.46. The number of hydrogen-bond donors (Lipinski definition) is 2. The molecule has 0 saturated heterocycles. The van der Waals surface area contributed by atoms with Crippen LogP contribution >= 0.6 is 11.6 Å². The molecule has 1 heterocycles. The number of anilines is 1. The van der Waals surface area contributed by atoms with E-state index in [9.17, 15) is 9.59 Å². The lowest BCUT2D eigenvalue weighted by Crippen LogP contribution is -2.13. The van der Waals surface area contributed by atoms with Gasteiger partial charge in [-0.15, -0.1) is 0 Å². The Morgan fingerprint density at radius 3 is 2.57 bits per heavy atom. The van der Waals surface area contributed by atoms with E-state index < -0.39 is 18.5 Å². The van der Waals surface area contributed by atoms with Gasteiger partial charge in [-0.05, 0) is 36.4 Å². The average molecular weight is 307 g/mol. The summed E-state index contributed by atoms with van der Waals surface area (Å²) in [5.74, 6) is -1.05. The lowest BCUT2D eigenvalue weighted by Gasteiger charge is -2.07. The highest BCUT2D eigenvalue weighted by Crippen LogP contribution is 2.16. The van der Waals surface area contributed by atoms with Crippen LogP contribution in [0.4, 0.5) is 5.69 Å². The van der Waals surface area contributed by atoms with Gasteiger partial charge in [-0.25, -0.2) is 4.79 Å². The van der Waals surface area contributed by atoms with Crippen LogP contribution in [0.5, 0.6) is 5.75 Å². The van der Waals surface area contributed by atoms with E-state index in [2.05, 4.69) is 10.3 Å². The van der Waals surface area contributed by atoms with Crippen molar-refractivity contribution in [1.82, 2.24) is 4.98 Å². The number of benzene rings is 1. The zero-order valence-corrected chi connectivity index (χ0v) is 11.5. The third-order valence-electron chi connectivity index (χ3n) is 2.43. The fourth-order valence-electron chi connectivity index (χ4n) is 1.50. The van der Waals surface area contributed by atoms with Gasteiger partial charge in [-0.2, -0.15) is 0 Å². The zero-order valence-electron chi connectivity index (χ0n) is 10.7. The second kappa shape index (κ2) is 6.71. The smallest absolute Gasteiger partial charge is 0.341 e. The molecule has 0 aliphatic carbocycles. The van der Waals surface area contributed by atoms with Crippen LogP contribution in [-0.2, 0) is 4.79 Å². The standard InChI is InChI=1S/C14H11ClN2O4/c15-9-5-6-16-12(7-9)14(20)17-10-1-3-11(4-2-10)21-8-13(18)19/h1-7H,8H2,(H,17,20)(H,18,19). The van der Waals surface area contributed by atoms with Gasteiger partial charge in [0.05, 0.1) is 0 Å². The Labute approximate surface area is 125 Å². The van der Waals surface area contributed by atoms with Crippen molar-refractivity contribution in [3.05, 3.63) is 53.3 Å². The molecule has 7 heteroatoms. The minimum absolute atomic E-state index is 0.203. The number of halogens is 1. The van der Waals surface area contributed by atoms with Crippen molar-refractivity contribution < 1.29 is 19.4 Å². The maximum atomic E-state index is 11.9. The molecule has 21 heavy (non-hydrogen) atoms. The van der Waals surface area contributed by atoms with E-state index in [-0.39, 0.29) is 5.69 Å². The minimum Gasteiger partial charge on any atom is -0.482 e. The zero-order chi connectivity index (χ0) is 15.2. The molecule has 0 radical (unpaired) electrons. The molecule has 0 fully saturated rings. The first-order valence-electron chi connectivity index (χ1n) is 5.92. The molecular formula is C14H11ClN2O4. The van der Waals surface area contributed by atoms with Crippen LogP contribution in [0.1, 0.15) is 10.5 Å². The number of hydrogen-bond acceptors (Lipinski definition) is 4. The Morgan fingerprint density at radius 2 is 1.95 bits per heavy atom. The molecule has 0 bridgehead atoms. The monoisotopic (exact) mass is 306 g/mol. The molecule has 1 aromatic heterocycles. The van der Waals surface area contributed by atoms with Crippen molar-refractivity contribution in [2.45, 2.75) is 0 Å². The van der Waals surface area contributed by atoms with Crippen LogP contribution in [0.15, 0.2) is 42.6 Å². The Morgan fingerprint density at radius 1 is 1.24 bits per heavy atom. The van der Waals surface area contributed by atoms with Crippen LogP contribution < -0.4 is 10.1 Å². The highest BCUT2D eigenvalue weighted by atomic mass is 35.5. The summed E-state index contributed by atoms with van der Waals surface area (Å²) in [6.45, 7) is -0.419. The minimum atomic E-state index is -1.06. The molecule has 2 rings (SSSR count). The number of carboxylic acids is 1. The number of aliphatic carboxylic acids is 1. The van der Waals surface area contributed by atoms with Crippen molar-refractivity contribution in [3.63, 3.8) is 0 Å². The molecule has 0 aliphatic heterocycles. The third kappa shape index (κ3) is 4.47. The van der Waals surface area contributed by atoms with Crippen molar-refractivity contribution >= 4 is 29.2 Å². The molecule has 1 aromatic carbocycles. The number of nitrogens with zero attached hydrogens (tertiary/aromatic N) is 1. The van der Waals surface area contributed by atoms with Gasteiger partial charge in [0.25, 0.3) is 5.91 Å². The summed E-state index contributed by atoms with van der Waals surface area (Å²) in [5.41, 5.74) is 0.734. The topological polar surface area (TPSA) is 88.5 Å². The van der Waals surface area contributed by atoms with Crippen LogP contribution in [0, 0.1) is 0 Å². The largest absolute Gasteiger partial charge is 0.482 e. The Bertz CT molecular complexity index is 658.